The number of aromatic nitrogens is 4. The molecule has 2 amide bonds. The standard InChI is InChI=1S/C26H33N7O6S2/c1-16-30-23-22(25(36)31-16)32-19(15-29-23)14-28-18-6-4-17(5-7-18)24(35)33-20(26(37)38)8-9-21(34)27-10-13-41-40-12-3-11-39-2/h4-7,15,20,28H,3,8-14H2,1-2H3,(H,27,34)(H,33,35)(H,37,38)(H,29,30,31,36). The third-order valence-corrected chi connectivity index (χ3v) is 8.13. The number of hydrogen-bond acceptors (Lipinski definition) is 11. The van der Waals surface area contributed by atoms with Gasteiger partial charge in [0.1, 0.15) is 11.9 Å². The Hall–Kier alpha value is -3.69. The molecular weight excluding hydrogens is 570 g/mol. The molecule has 1 aromatic carbocycles. The summed E-state index contributed by atoms with van der Waals surface area (Å²) in [5, 5.41) is 17.9. The first-order chi connectivity index (χ1) is 19.8. The maximum absolute atomic E-state index is 12.6. The third-order valence-electron chi connectivity index (χ3n) is 5.64. The van der Waals surface area contributed by atoms with Crippen molar-refractivity contribution in [1.82, 2.24) is 30.6 Å². The van der Waals surface area contributed by atoms with E-state index in [4.69, 9.17) is 4.74 Å². The Labute approximate surface area is 244 Å². The summed E-state index contributed by atoms with van der Waals surface area (Å²) in [6.45, 7) is 3.14. The molecule has 2 aromatic heterocycles. The van der Waals surface area contributed by atoms with E-state index >= 15 is 0 Å². The van der Waals surface area contributed by atoms with Gasteiger partial charge in [-0.1, -0.05) is 21.6 Å². The van der Waals surface area contributed by atoms with Gasteiger partial charge >= 0.3 is 5.97 Å². The predicted molar refractivity (Wildman–Crippen MR) is 159 cm³/mol. The first kappa shape index (κ1) is 31.8. The quantitative estimate of drug-likeness (QED) is 0.112. The van der Waals surface area contributed by atoms with Crippen molar-refractivity contribution < 1.29 is 24.2 Å². The van der Waals surface area contributed by atoms with Crippen molar-refractivity contribution in [2.45, 2.75) is 38.8 Å². The molecule has 3 aromatic rings. The molecule has 0 aliphatic rings. The van der Waals surface area contributed by atoms with Gasteiger partial charge in [0.05, 0.1) is 18.4 Å². The Morgan fingerprint density at radius 1 is 1.12 bits per heavy atom. The maximum Gasteiger partial charge on any atom is 0.326 e. The molecule has 0 fully saturated rings. The van der Waals surface area contributed by atoms with Crippen molar-refractivity contribution in [1.29, 1.82) is 0 Å². The molecule has 0 saturated carbocycles. The molecule has 13 nitrogen and oxygen atoms in total. The van der Waals surface area contributed by atoms with E-state index in [0.29, 0.717) is 23.8 Å². The molecule has 41 heavy (non-hydrogen) atoms. The highest BCUT2D eigenvalue weighted by atomic mass is 33.1. The second kappa shape index (κ2) is 16.5. The van der Waals surface area contributed by atoms with E-state index in [1.54, 1.807) is 59.9 Å². The highest BCUT2D eigenvalue weighted by Gasteiger charge is 2.21. The van der Waals surface area contributed by atoms with Gasteiger partial charge in [0.15, 0.2) is 11.2 Å². The lowest BCUT2D eigenvalue weighted by Crippen LogP contribution is -2.41. The van der Waals surface area contributed by atoms with Gasteiger partial charge < -0.3 is 30.8 Å². The number of carbonyl (C=O) groups is 3. The number of carboxylic acids is 1. The maximum atomic E-state index is 12.6. The van der Waals surface area contributed by atoms with Crippen LogP contribution in [0.15, 0.2) is 35.3 Å². The SMILES string of the molecule is COCCCSSCCNC(=O)CCC(NC(=O)c1ccc(NCc2cnc3nc(C)[nH]c(=O)c3n2)cc1)C(=O)O. The predicted octanol–water partition coefficient (Wildman–Crippen LogP) is 2.13. The minimum absolute atomic E-state index is 0.0229. The summed E-state index contributed by atoms with van der Waals surface area (Å²) in [5.41, 5.74) is 1.52. The van der Waals surface area contributed by atoms with E-state index < -0.39 is 17.9 Å². The molecule has 15 heteroatoms. The van der Waals surface area contributed by atoms with Crippen molar-refractivity contribution in [3.8, 4) is 0 Å². The second-order valence-corrected chi connectivity index (χ2v) is 11.6. The Balaban J connectivity index is 1.42. The van der Waals surface area contributed by atoms with Crippen LogP contribution in [0.3, 0.4) is 0 Å². The zero-order chi connectivity index (χ0) is 29.6. The van der Waals surface area contributed by atoms with Crippen molar-refractivity contribution in [3.63, 3.8) is 0 Å². The number of carbonyl (C=O) groups excluding carboxylic acids is 2. The van der Waals surface area contributed by atoms with E-state index in [1.165, 1.54) is 6.20 Å². The summed E-state index contributed by atoms with van der Waals surface area (Å²) in [7, 11) is 5.03. The summed E-state index contributed by atoms with van der Waals surface area (Å²) >= 11 is 0. The van der Waals surface area contributed by atoms with Crippen LogP contribution in [0.5, 0.6) is 0 Å². The molecule has 0 spiro atoms. The molecule has 5 N–H and O–H groups in total. The number of anilines is 1. The summed E-state index contributed by atoms with van der Waals surface area (Å²) in [6, 6.07) is 5.23. The summed E-state index contributed by atoms with van der Waals surface area (Å²) in [6.07, 6.45) is 2.44. The molecular formula is C26H33N7O6S2. The zero-order valence-electron chi connectivity index (χ0n) is 22.8. The summed E-state index contributed by atoms with van der Waals surface area (Å²) < 4.78 is 4.99. The van der Waals surface area contributed by atoms with E-state index in [-0.39, 0.29) is 47.6 Å². The fourth-order valence-corrected chi connectivity index (χ4v) is 5.52. The van der Waals surface area contributed by atoms with Crippen LogP contribution < -0.4 is 21.5 Å². The fraction of sp³-hybridized carbons (Fsp3) is 0.423. The molecule has 0 saturated heterocycles. The second-order valence-electron chi connectivity index (χ2n) is 8.86. The summed E-state index contributed by atoms with van der Waals surface area (Å²) in [4.78, 5) is 63.8. The van der Waals surface area contributed by atoms with Gasteiger partial charge in [-0.2, -0.15) is 0 Å². The van der Waals surface area contributed by atoms with Crippen molar-refractivity contribution >= 4 is 56.2 Å². The van der Waals surface area contributed by atoms with Gasteiger partial charge in [0.25, 0.3) is 11.5 Å². The average Bonchev–Trinajstić information content (AvgIpc) is 2.95. The first-order valence-corrected chi connectivity index (χ1v) is 15.4. The Bertz CT molecular complexity index is 1390. The van der Waals surface area contributed by atoms with Gasteiger partial charge in [0, 0.05) is 49.4 Å². The Morgan fingerprint density at radius 3 is 2.61 bits per heavy atom. The lowest BCUT2D eigenvalue weighted by Gasteiger charge is -2.15. The number of amides is 2. The molecule has 3 rings (SSSR count). The molecule has 0 radical (unpaired) electrons. The van der Waals surface area contributed by atoms with E-state index in [1.807, 2.05) is 0 Å². The normalized spacial score (nSPS) is 11.7. The van der Waals surface area contributed by atoms with Crippen LogP contribution in [0.1, 0.15) is 41.1 Å². The molecule has 1 unspecified atom stereocenters. The van der Waals surface area contributed by atoms with E-state index in [0.717, 1.165) is 24.5 Å². The molecule has 220 valence electrons. The number of benzene rings is 1. The molecule has 0 bridgehead atoms. The van der Waals surface area contributed by atoms with Gasteiger partial charge in [0.2, 0.25) is 5.91 Å². The number of nitrogens with zero attached hydrogens (tertiary/aromatic N) is 3. The van der Waals surface area contributed by atoms with Gasteiger partial charge in [-0.3, -0.25) is 14.4 Å². The third kappa shape index (κ3) is 10.7. The van der Waals surface area contributed by atoms with Crippen LogP contribution in [0.4, 0.5) is 5.69 Å². The number of methoxy groups -OCH3 is 1. The molecule has 0 aliphatic heterocycles. The number of nitrogens with one attached hydrogen (secondary N) is 4. The topological polar surface area (TPSA) is 188 Å². The van der Waals surface area contributed by atoms with Crippen LogP contribution >= 0.6 is 21.6 Å². The highest BCUT2D eigenvalue weighted by molar-refractivity contribution is 8.76. The van der Waals surface area contributed by atoms with Crippen molar-refractivity contribution in [2.24, 2.45) is 0 Å². The lowest BCUT2D eigenvalue weighted by atomic mass is 10.1. The van der Waals surface area contributed by atoms with Crippen molar-refractivity contribution in [2.75, 3.05) is 37.1 Å². The Morgan fingerprint density at radius 2 is 1.88 bits per heavy atom. The van der Waals surface area contributed by atoms with Gasteiger partial charge in [-0.15, -0.1) is 0 Å². The van der Waals surface area contributed by atoms with Gasteiger partial charge in [-0.05, 0) is 44.0 Å². The van der Waals surface area contributed by atoms with Crippen LogP contribution in [0.25, 0.3) is 11.2 Å². The zero-order valence-corrected chi connectivity index (χ0v) is 24.4. The number of aliphatic carboxylic acids is 1. The average molecular weight is 604 g/mol. The number of ether oxygens (including phenoxy) is 1. The number of fused-ring (bicyclic) bond motifs is 1. The number of H-pyrrole nitrogens is 1. The smallest absolute Gasteiger partial charge is 0.326 e. The van der Waals surface area contributed by atoms with E-state index in [2.05, 4.69) is 35.9 Å². The van der Waals surface area contributed by atoms with E-state index in [9.17, 15) is 24.3 Å². The lowest BCUT2D eigenvalue weighted by molar-refractivity contribution is -0.139. The van der Waals surface area contributed by atoms with Gasteiger partial charge in [-0.25, -0.2) is 19.7 Å². The number of carboxylic acid groups (broad SMARTS) is 1. The summed E-state index contributed by atoms with van der Waals surface area (Å²) in [5.74, 6) is 0.115. The first-order valence-electron chi connectivity index (χ1n) is 12.9. The number of rotatable bonds is 17. The monoisotopic (exact) mass is 603 g/mol. The minimum Gasteiger partial charge on any atom is -0.480 e. The fourth-order valence-electron chi connectivity index (χ4n) is 3.56. The number of aryl methyl sites for hydroxylation is 1. The van der Waals surface area contributed by atoms with Crippen LogP contribution in [0.2, 0.25) is 0 Å². The molecule has 0 aliphatic carbocycles. The number of aromatic amines is 1. The van der Waals surface area contributed by atoms with Crippen molar-refractivity contribution in [3.05, 3.63) is 57.9 Å². The largest absolute Gasteiger partial charge is 0.480 e. The Kier molecular flexibility index (Phi) is 12.8. The highest BCUT2D eigenvalue weighted by Crippen LogP contribution is 2.21. The molecule has 2 heterocycles. The van der Waals surface area contributed by atoms with Crippen LogP contribution in [0, 0.1) is 6.92 Å². The number of hydrogen-bond donors (Lipinski definition) is 5. The van der Waals surface area contributed by atoms with Crippen LogP contribution in [-0.4, -0.2) is 80.6 Å². The molecule has 1 atom stereocenters. The van der Waals surface area contributed by atoms with Crippen LogP contribution in [-0.2, 0) is 20.9 Å². The minimum atomic E-state index is -1.21.